The second kappa shape index (κ2) is 6.03. The van der Waals surface area contributed by atoms with Gasteiger partial charge < -0.3 is 10.4 Å². The van der Waals surface area contributed by atoms with E-state index in [1.165, 1.54) is 4.68 Å². The fourth-order valence-corrected chi connectivity index (χ4v) is 1.43. The number of carboxylic acids is 1. The molecule has 1 aromatic rings. The summed E-state index contributed by atoms with van der Waals surface area (Å²) in [4.78, 5) is 22.6. The number of rotatable bonds is 6. The number of nitrogens with one attached hydrogen (secondary N) is 1. The molecule has 0 aliphatic heterocycles. The van der Waals surface area contributed by atoms with Crippen LogP contribution in [0.2, 0.25) is 0 Å². The van der Waals surface area contributed by atoms with Crippen LogP contribution in [0.1, 0.15) is 36.7 Å². The van der Waals surface area contributed by atoms with E-state index in [-0.39, 0.29) is 5.69 Å². The van der Waals surface area contributed by atoms with Gasteiger partial charge in [0.05, 0.1) is 0 Å². The Morgan fingerprint density at radius 1 is 1.59 bits per heavy atom. The Morgan fingerprint density at radius 3 is 2.76 bits per heavy atom. The molecule has 0 saturated heterocycles. The molecule has 1 rings (SSSR count). The Hall–Kier alpha value is -1.85. The van der Waals surface area contributed by atoms with Gasteiger partial charge in [0.2, 0.25) is 0 Å². The van der Waals surface area contributed by atoms with Gasteiger partial charge in [0.1, 0.15) is 11.7 Å². The van der Waals surface area contributed by atoms with E-state index in [0.717, 1.165) is 12.8 Å². The summed E-state index contributed by atoms with van der Waals surface area (Å²) in [5, 5.41) is 15.3. The Morgan fingerprint density at radius 2 is 2.29 bits per heavy atom. The van der Waals surface area contributed by atoms with Crippen LogP contribution in [0.15, 0.2) is 12.3 Å². The summed E-state index contributed by atoms with van der Waals surface area (Å²) in [6, 6.07) is 0.707. The number of aliphatic carboxylic acids is 1. The van der Waals surface area contributed by atoms with Gasteiger partial charge in [-0.05, 0) is 12.5 Å². The van der Waals surface area contributed by atoms with Crippen LogP contribution < -0.4 is 5.32 Å². The van der Waals surface area contributed by atoms with Crippen molar-refractivity contribution in [3.05, 3.63) is 18.0 Å². The van der Waals surface area contributed by atoms with E-state index < -0.39 is 17.9 Å². The van der Waals surface area contributed by atoms with Crippen LogP contribution >= 0.6 is 0 Å². The van der Waals surface area contributed by atoms with Crippen LogP contribution in [0.25, 0.3) is 0 Å². The lowest BCUT2D eigenvalue weighted by atomic mass is 10.1. The number of nitrogens with zero attached hydrogens (tertiary/aromatic N) is 2. The molecule has 1 amide bonds. The van der Waals surface area contributed by atoms with Gasteiger partial charge in [-0.3, -0.25) is 9.48 Å². The maximum absolute atomic E-state index is 11.7. The van der Waals surface area contributed by atoms with Gasteiger partial charge in [-0.25, -0.2) is 4.79 Å². The lowest BCUT2D eigenvalue weighted by Crippen LogP contribution is -2.40. The molecule has 6 nitrogen and oxygen atoms in total. The fraction of sp³-hybridized carbons (Fsp3) is 0.545. The lowest BCUT2D eigenvalue weighted by molar-refractivity contribution is -0.139. The highest BCUT2D eigenvalue weighted by Gasteiger charge is 2.20. The summed E-state index contributed by atoms with van der Waals surface area (Å²) in [5.74, 6) is -1.46. The molecule has 0 aliphatic rings. The summed E-state index contributed by atoms with van der Waals surface area (Å²) < 4.78 is 1.50. The Kier molecular flexibility index (Phi) is 4.68. The third-order valence-corrected chi connectivity index (χ3v) is 2.40. The second-order valence-corrected chi connectivity index (χ2v) is 3.88. The third kappa shape index (κ3) is 3.90. The first kappa shape index (κ1) is 13.2. The highest BCUT2D eigenvalue weighted by molar-refractivity contribution is 5.94. The molecule has 1 unspecified atom stereocenters. The maximum Gasteiger partial charge on any atom is 0.326 e. The van der Waals surface area contributed by atoms with Crippen molar-refractivity contribution in [3.63, 3.8) is 0 Å². The van der Waals surface area contributed by atoms with E-state index in [1.807, 2.05) is 6.92 Å². The van der Waals surface area contributed by atoms with Crippen molar-refractivity contribution in [3.8, 4) is 0 Å². The van der Waals surface area contributed by atoms with Gasteiger partial charge in [-0.2, -0.15) is 5.10 Å². The summed E-state index contributed by atoms with van der Waals surface area (Å²) in [7, 11) is 1.70. The zero-order valence-electron chi connectivity index (χ0n) is 10.0. The van der Waals surface area contributed by atoms with Crippen molar-refractivity contribution in [2.24, 2.45) is 7.05 Å². The lowest BCUT2D eigenvalue weighted by Gasteiger charge is -2.12. The predicted molar refractivity (Wildman–Crippen MR) is 61.6 cm³/mol. The maximum atomic E-state index is 11.7. The molecule has 6 heteroatoms. The normalized spacial score (nSPS) is 12.1. The van der Waals surface area contributed by atoms with Crippen LogP contribution in [-0.4, -0.2) is 32.8 Å². The van der Waals surface area contributed by atoms with E-state index >= 15 is 0 Å². The molecule has 0 spiro atoms. The second-order valence-electron chi connectivity index (χ2n) is 3.88. The summed E-state index contributed by atoms with van der Waals surface area (Å²) in [6.45, 7) is 1.97. The molecular formula is C11H17N3O3. The number of unbranched alkanes of at least 4 members (excludes halogenated alkanes) is 1. The minimum atomic E-state index is -1.01. The van der Waals surface area contributed by atoms with E-state index in [0.29, 0.717) is 6.42 Å². The van der Waals surface area contributed by atoms with Gasteiger partial charge in [-0.15, -0.1) is 0 Å². The molecule has 0 aliphatic carbocycles. The monoisotopic (exact) mass is 239 g/mol. The molecule has 0 saturated carbocycles. The van der Waals surface area contributed by atoms with E-state index in [9.17, 15) is 9.59 Å². The minimum Gasteiger partial charge on any atom is -0.480 e. The highest BCUT2D eigenvalue weighted by atomic mass is 16.4. The van der Waals surface area contributed by atoms with Gasteiger partial charge in [0, 0.05) is 13.2 Å². The van der Waals surface area contributed by atoms with E-state index in [1.54, 1.807) is 19.3 Å². The Bertz CT molecular complexity index is 400. The number of aromatic nitrogens is 2. The smallest absolute Gasteiger partial charge is 0.326 e. The standard InChI is InChI=1S/C11H17N3O3/c1-3-4-5-9(11(16)17)12-10(15)8-6-7-14(2)13-8/h6-7,9H,3-5H2,1-2H3,(H,12,15)(H,16,17). The molecule has 0 fully saturated rings. The van der Waals surface area contributed by atoms with Gasteiger partial charge in [0.15, 0.2) is 0 Å². The molecule has 94 valence electrons. The quantitative estimate of drug-likeness (QED) is 0.768. The van der Waals surface area contributed by atoms with Gasteiger partial charge >= 0.3 is 5.97 Å². The van der Waals surface area contributed by atoms with Crippen LogP contribution in [0, 0.1) is 0 Å². The molecule has 17 heavy (non-hydrogen) atoms. The molecular weight excluding hydrogens is 222 g/mol. The van der Waals surface area contributed by atoms with E-state index in [4.69, 9.17) is 5.11 Å². The number of amides is 1. The van der Waals surface area contributed by atoms with Crippen molar-refractivity contribution >= 4 is 11.9 Å². The van der Waals surface area contributed by atoms with Gasteiger partial charge in [0.25, 0.3) is 5.91 Å². The first-order chi connectivity index (χ1) is 8.04. The fourth-order valence-electron chi connectivity index (χ4n) is 1.43. The zero-order valence-corrected chi connectivity index (χ0v) is 10.0. The number of hydrogen-bond acceptors (Lipinski definition) is 3. The average Bonchev–Trinajstić information content (AvgIpc) is 2.70. The van der Waals surface area contributed by atoms with Crippen LogP contribution in [0.4, 0.5) is 0 Å². The van der Waals surface area contributed by atoms with Crippen LogP contribution in [-0.2, 0) is 11.8 Å². The Balaban J connectivity index is 2.60. The van der Waals surface area contributed by atoms with Crippen molar-refractivity contribution < 1.29 is 14.7 Å². The molecule has 0 aromatic carbocycles. The highest BCUT2D eigenvalue weighted by Crippen LogP contribution is 2.03. The summed E-state index contributed by atoms with van der Waals surface area (Å²) in [6.07, 6.45) is 3.73. The molecule has 0 bridgehead atoms. The van der Waals surface area contributed by atoms with Gasteiger partial charge in [-0.1, -0.05) is 19.8 Å². The number of aryl methyl sites for hydroxylation is 1. The van der Waals surface area contributed by atoms with Crippen molar-refractivity contribution in [1.82, 2.24) is 15.1 Å². The SMILES string of the molecule is CCCCC(NC(=O)c1ccn(C)n1)C(=O)O. The topological polar surface area (TPSA) is 84.2 Å². The number of carbonyl (C=O) groups is 2. The molecule has 2 N–H and O–H groups in total. The first-order valence-corrected chi connectivity index (χ1v) is 5.58. The largest absolute Gasteiger partial charge is 0.480 e. The summed E-state index contributed by atoms with van der Waals surface area (Å²) >= 11 is 0. The van der Waals surface area contributed by atoms with E-state index in [2.05, 4.69) is 10.4 Å². The molecule has 1 aromatic heterocycles. The molecule has 1 atom stereocenters. The average molecular weight is 239 g/mol. The van der Waals surface area contributed by atoms with Crippen molar-refractivity contribution in [2.45, 2.75) is 32.2 Å². The van der Waals surface area contributed by atoms with Crippen molar-refractivity contribution in [2.75, 3.05) is 0 Å². The summed E-state index contributed by atoms with van der Waals surface area (Å²) in [5.41, 5.74) is 0.232. The molecule has 0 radical (unpaired) electrons. The molecule has 1 heterocycles. The number of carboxylic acid groups (broad SMARTS) is 1. The Labute approximate surface area is 99.6 Å². The number of hydrogen-bond donors (Lipinski definition) is 2. The van der Waals surface area contributed by atoms with Crippen LogP contribution in [0.3, 0.4) is 0 Å². The van der Waals surface area contributed by atoms with Crippen molar-refractivity contribution in [1.29, 1.82) is 0 Å². The minimum absolute atomic E-state index is 0.232. The van der Waals surface area contributed by atoms with Crippen LogP contribution in [0.5, 0.6) is 0 Å². The predicted octanol–water partition coefficient (Wildman–Crippen LogP) is 0.793. The third-order valence-electron chi connectivity index (χ3n) is 2.40. The zero-order chi connectivity index (χ0) is 12.8. The first-order valence-electron chi connectivity index (χ1n) is 5.58. The number of carbonyl (C=O) groups excluding carboxylic acids is 1.